The fraction of sp³-hybridized carbons (Fsp3) is 0.158. The van der Waals surface area contributed by atoms with Gasteiger partial charge < -0.3 is 5.32 Å². The summed E-state index contributed by atoms with van der Waals surface area (Å²) in [5, 5.41) is 23.0. The van der Waals surface area contributed by atoms with Crippen LogP contribution in [0.15, 0.2) is 42.0 Å². The van der Waals surface area contributed by atoms with Crippen LogP contribution < -0.4 is 5.32 Å². The van der Waals surface area contributed by atoms with Crippen LogP contribution >= 0.6 is 0 Å². The average Bonchev–Trinajstić information content (AvgIpc) is 2.57. The number of carbonyl (C=O) groups excluding carboxylic acids is 1. The molecule has 2 aromatic rings. The van der Waals surface area contributed by atoms with E-state index in [1.165, 1.54) is 12.1 Å². The predicted molar refractivity (Wildman–Crippen MR) is 96.0 cm³/mol. The molecule has 0 aliphatic carbocycles. The van der Waals surface area contributed by atoms with Crippen molar-refractivity contribution in [2.24, 2.45) is 0 Å². The highest BCUT2D eigenvalue weighted by molar-refractivity contribution is 6.10. The van der Waals surface area contributed by atoms with E-state index in [9.17, 15) is 20.2 Å². The molecule has 6 nitrogen and oxygen atoms in total. The Labute approximate surface area is 145 Å². The molecule has 25 heavy (non-hydrogen) atoms. The van der Waals surface area contributed by atoms with Crippen LogP contribution in [0, 0.1) is 42.2 Å². The molecule has 6 heteroatoms. The minimum absolute atomic E-state index is 0.0547. The molecule has 0 aliphatic heterocycles. The van der Waals surface area contributed by atoms with Gasteiger partial charge in [-0.2, -0.15) is 5.26 Å². The Morgan fingerprint density at radius 1 is 1.20 bits per heavy atom. The van der Waals surface area contributed by atoms with Crippen LogP contribution in [0.3, 0.4) is 0 Å². The molecule has 0 fully saturated rings. The number of aryl methyl sites for hydroxylation is 2. The lowest BCUT2D eigenvalue weighted by molar-refractivity contribution is -0.385. The summed E-state index contributed by atoms with van der Waals surface area (Å²) in [4.78, 5) is 22.9. The molecule has 0 heterocycles. The van der Waals surface area contributed by atoms with Gasteiger partial charge in [-0.25, -0.2) is 0 Å². The van der Waals surface area contributed by atoms with E-state index in [1.807, 2.05) is 32.0 Å². The van der Waals surface area contributed by atoms with Crippen molar-refractivity contribution in [1.29, 1.82) is 5.26 Å². The summed E-state index contributed by atoms with van der Waals surface area (Å²) in [6.45, 7) is 5.44. The van der Waals surface area contributed by atoms with Crippen molar-refractivity contribution >= 4 is 23.4 Å². The number of hydrogen-bond acceptors (Lipinski definition) is 4. The van der Waals surface area contributed by atoms with E-state index in [0.29, 0.717) is 16.8 Å². The quantitative estimate of drug-likeness (QED) is 0.394. The van der Waals surface area contributed by atoms with Crippen molar-refractivity contribution in [1.82, 2.24) is 0 Å². The smallest absolute Gasteiger partial charge is 0.272 e. The topological polar surface area (TPSA) is 96.0 Å². The van der Waals surface area contributed by atoms with Crippen LogP contribution in [-0.2, 0) is 4.79 Å². The highest BCUT2D eigenvalue weighted by Gasteiger charge is 2.14. The predicted octanol–water partition coefficient (Wildman–Crippen LogP) is 4.07. The molecular formula is C19H17N3O3. The van der Waals surface area contributed by atoms with E-state index >= 15 is 0 Å². The van der Waals surface area contributed by atoms with Gasteiger partial charge in [0.05, 0.1) is 4.92 Å². The van der Waals surface area contributed by atoms with Gasteiger partial charge in [-0.05, 0) is 49.6 Å². The zero-order chi connectivity index (χ0) is 18.6. The van der Waals surface area contributed by atoms with E-state index < -0.39 is 10.8 Å². The molecule has 2 aromatic carbocycles. The first-order valence-electron chi connectivity index (χ1n) is 7.58. The molecule has 0 aliphatic rings. The second-order valence-electron chi connectivity index (χ2n) is 5.67. The fourth-order valence-corrected chi connectivity index (χ4v) is 2.30. The number of nitriles is 1. The number of nitrogens with zero attached hydrogens (tertiary/aromatic N) is 2. The van der Waals surface area contributed by atoms with E-state index in [0.717, 1.165) is 11.1 Å². The molecule has 126 valence electrons. The summed E-state index contributed by atoms with van der Waals surface area (Å²) in [5.41, 5.74) is 3.32. The van der Waals surface area contributed by atoms with E-state index in [4.69, 9.17) is 0 Å². The number of hydrogen-bond donors (Lipinski definition) is 1. The molecule has 1 amide bonds. The standard InChI is InChI=1S/C19H17N3O3/c1-12-5-4-6-17(14(12)3)21-19(23)16(11-20)9-15-8-7-13(2)18(10-15)22(24)25/h4-10H,1-3H3,(H,21,23)/b16-9+. The third kappa shape index (κ3) is 4.09. The number of nitrogens with one attached hydrogen (secondary N) is 1. The van der Waals surface area contributed by atoms with Gasteiger partial charge in [0.15, 0.2) is 0 Å². The molecule has 0 unspecified atom stereocenters. The van der Waals surface area contributed by atoms with Crippen molar-refractivity contribution in [2.75, 3.05) is 5.32 Å². The van der Waals surface area contributed by atoms with E-state index in [1.54, 1.807) is 25.1 Å². The second kappa shape index (κ2) is 7.41. The van der Waals surface area contributed by atoms with Crippen LogP contribution in [0.5, 0.6) is 0 Å². The zero-order valence-corrected chi connectivity index (χ0v) is 14.2. The summed E-state index contributed by atoms with van der Waals surface area (Å²) >= 11 is 0. The molecule has 0 saturated carbocycles. The third-order valence-corrected chi connectivity index (χ3v) is 3.96. The van der Waals surface area contributed by atoms with Gasteiger partial charge in [0.2, 0.25) is 0 Å². The fourth-order valence-electron chi connectivity index (χ4n) is 2.30. The van der Waals surface area contributed by atoms with Gasteiger partial charge in [-0.1, -0.05) is 24.3 Å². The first-order chi connectivity index (χ1) is 11.8. The Balaban J connectivity index is 2.33. The number of nitro benzene ring substituents is 1. The maximum absolute atomic E-state index is 12.4. The van der Waals surface area contributed by atoms with E-state index in [2.05, 4.69) is 5.32 Å². The van der Waals surface area contributed by atoms with E-state index in [-0.39, 0.29) is 11.3 Å². The number of anilines is 1. The molecule has 0 saturated heterocycles. The van der Waals surface area contributed by atoms with Gasteiger partial charge in [-0.15, -0.1) is 0 Å². The first-order valence-corrected chi connectivity index (χ1v) is 7.58. The molecule has 0 atom stereocenters. The molecular weight excluding hydrogens is 318 g/mol. The number of amides is 1. The zero-order valence-electron chi connectivity index (χ0n) is 14.2. The van der Waals surface area contributed by atoms with Crippen molar-refractivity contribution in [3.63, 3.8) is 0 Å². The molecule has 0 aromatic heterocycles. The van der Waals surface area contributed by atoms with Gasteiger partial charge >= 0.3 is 0 Å². The molecule has 0 spiro atoms. The minimum atomic E-state index is -0.556. The summed E-state index contributed by atoms with van der Waals surface area (Å²) in [5.74, 6) is -0.556. The Kier molecular flexibility index (Phi) is 5.30. The third-order valence-electron chi connectivity index (χ3n) is 3.96. The SMILES string of the molecule is Cc1ccc(/C=C(\C#N)C(=O)Nc2cccc(C)c2C)cc1[N+](=O)[O-]. The van der Waals surface area contributed by atoms with Crippen LogP contribution in [0.2, 0.25) is 0 Å². The average molecular weight is 335 g/mol. The minimum Gasteiger partial charge on any atom is -0.321 e. The Bertz CT molecular complexity index is 924. The summed E-state index contributed by atoms with van der Waals surface area (Å²) < 4.78 is 0. The molecule has 2 rings (SSSR count). The lowest BCUT2D eigenvalue weighted by atomic mass is 10.1. The Morgan fingerprint density at radius 3 is 2.56 bits per heavy atom. The maximum atomic E-state index is 12.4. The van der Waals surface area contributed by atoms with Gasteiger partial charge in [0.1, 0.15) is 11.6 Å². The molecule has 1 N–H and O–H groups in total. The number of rotatable bonds is 4. The van der Waals surface area contributed by atoms with Gasteiger partial charge in [0, 0.05) is 17.3 Å². The number of benzene rings is 2. The highest BCUT2D eigenvalue weighted by atomic mass is 16.6. The van der Waals surface area contributed by atoms with Crippen LogP contribution in [0.25, 0.3) is 6.08 Å². The largest absolute Gasteiger partial charge is 0.321 e. The van der Waals surface area contributed by atoms with Gasteiger partial charge in [0.25, 0.3) is 11.6 Å². The lowest BCUT2D eigenvalue weighted by Gasteiger charge is -2.09. The normalized spacial score (nSPS) is 10.9. The van der Waals surface area contributed by atoms with Crippen molar-refractivity contribution in [3.8, 4) is 6.07 Å². The highest BCUT2D eigenvalue weighted by Crippen LogP contribution is 2.22. The lowest BCUT2D eigenvalue weighted by Crippen LogP contribution is -2.14. The molecule has 0 radical (unpaired) electrons. The van der Waals surface area contributed by atoms with Crippen LogP contribution in [-0.4, -0.2) is 10.8 Å². The van der Waals surface area contributed by atoms with Crippen molar-refractivity contribution < 1.29 is 9.72 Å². The van der Waals surface area contributed by atoms with Crippen molar-refractivity contribution in [3.05, 3.63) is 74.3 Å². The molecule has 0 bridgehead atoms. The Morgan fingerprint density at radius 2 is 1.92 bits per heavy atom. The van der Waals surface area contributed by atoms with Crippen LogP contribution in [0.1, 0.15) is 22.3 Å². The van der Waals surface area contributed by atoms with Crippen molar-refractivity contribution in [2.45, 2.75) is 20.8 Å². The monoisotopic (exact) mass is 335 g/mol. The summed E-state index contributed by atoms with van der Waals surface area (Å²) in [7, 11) is 0. The summed E-state index contributed by atoms with van der Waals surface area (Å²) in [6, 6.07) is 11.9. The first kappa shape index (κ1) is 17.9. The second-order valence-corrected chi connectivity index (χ2v) is 5.67. The maximum Gasteiger partial charge on any atom is 0.272 e. The number of carbonyl (C=O) groups is 1. The van der Waals surface area contributed by atoms with Gasteiger partial charge in [-0.3, -0.25) is 14.9 Å². The Hall–Kier alpha value is -3.46. The summed E-state index contributed by atoms with van der Waals surface area (Å²) in [6.07, 6.45) is 1.34. The van der Waals surface area contributed by atoms with Crippen LogP contribution in [0.4, 0.5) is 11.4 Å². The number of nitro groups is 1.